The highest BCUT2D eigenvalue weighted by Gasteiger charge is 2.17. The van der Waals surface area contributed by atoms with E-state index in [1.54, 1.807) is 44.6 Å². The lowest BCUT2D eigenvalue weighted by Crippen LogP contribution is -2.41. The smallest absolute Gasteiger partial charge is 0.270 e. The fourth-order valence-electron chi connectivity index (χ4n) is 2.36. The summed E-state index contributed by atoms with van der Waals surface area (Å²) in [6, 6.07) is 10.2. The number of pyridine rings is 1. The number of amides is 2. The highest BCUT2D eigenvalue weighted by Crippen LogP contribution is 2.27. The minimum Gasteiger partial charge on any atom is -0.493 e. The summed E-state index contributed by atoms with van der Waals surface area (Å²) in [5.74, 6) is 0.516. The molecule has 144 valence electrons. The molecule has 1 aromatic carbocycles. The summed E-state index contributed by atoms with van der Waals surface area (Å²) in [4.78, 5) is 28.8. The normalized spacial score (nSPS) is 10.9. The van der Waals surface area contributed by atoms with Crippen molar-refractivity contribution in [3.8, 4) is 11.5 Å². The lowest BCUT2D eigenvalue weighted by molar-refractivity contribution is 0.0914. The molecule has 0 radical (unpaired) electrons. The molecule has 2 N–H and O–H groups in total. The van der Waals surface area contributed by atoms with Crippen LogP contribution in [0.25, 0.3) is 0 Å². The van der Waals surface area contributed by atoms with Crippen LogP contribution in [0, 0.1) is 0 Å². The van der Waals surface area contributed by atoms with Gasteiger partial charge >= 0.3 is 0 Å². The van der Waals surface area contributed by atoms with E-state index in [4.69, 9.17) is 9.47 Å². The average molecular weight is 371 g/mol. The van der Waals surface area contributed by atoms with Crippen LogP contribution in [0.5, 0.6) is 11.5 Å². The van der Waals surface area contributed by atoms with E-state index in [-0.39, 0.29) is 28.7 Å². The zero-order valence-electron chi connectivity index (χ0n) is 16.3. The summed E-state index contributed by atoms with van der Waals surface area (Å²) in [6.45, 7) is 5.93. The van der Waals surface area contributed by atoms with E-state index >= 15 is 0 Å². The van der Waals surface area contributed by atoms with E-state index in [9.17, 15) is 9.59 Å². The molecule has 2 rings (SSSR count). The Kier molecular flexibility index (Phi) is 6.39. The number of benzene rings is 1. The second kappa shape index (κ2) is 8.53. The van der Waals surface area contributed by atoms with Crippen molar-refractivity contribution >= 4 is 11.8 Å². The molecule has 0 atom stereocenters. The Balaban J connectivity index is 2.06. The summed E-state index contributed by atoms with van der Waals surface area (Å²) in [5.41, 5.74) is 0.841. The van der Waals surface area contributed by atoms with E-state index in [0.717, 1.165) is 5.56 Å². The predicted octanol–water partition coefficient (Wildman–Crippen LogP) is 2.56. The van der Waals surface area contributed by atoms with E-state index in [1.165, 1.54) is 0 Å². The van der Waals surface area contributed by atoms with Crippen LogP contribution in [0.1, 0.15) is 47.3 Å². The van der Waals surface area contributed by atoms with Gasteiger partial charge in [0.15, 0.2) is 11.5 Å². The Labute approximate surface area is 159 Å². The number of hydrogen-bond donors (Lipinski definition) is 2. The van der Waals surface area contributed by atoms with Crippen LogP contribution in [0.2, 0.25) is 0 Å². The number of carbonyl (C=O) groups excluding carboxylic acids is 2. The van der Waals surface area contributed by atoms with Gasteiger partial charge in [-0.2, -0.15) is 0 Å². The van der Waals surface area contributed by atoms with Gasteiger partial charge < -0.3 is 20.1 Å². The average Bonchev–Trinajstić information content (AvgIpc) is 2.64. The molecule has 1 heterocycles. The molecule has 0 aliphatic rings. The summed E-state index contributed by atoms with van der Waals surface area (Å²) in [5, 5.41) is 5.61. The molecule has 0 aliphatic carbocycles. The Morgan fingerprint density at radius 3 is 2.19 bits per heavy atom. The molecule has 0 bridgehead atoms. The topological polar surface area (TPSA) is 89.5 Å². The summed E-state index contributed by atoms with van der Waals surface area (Å²) in [7, 11) is 3.12. The predicted molar refractivity (Wildman–Crippen MR) is 102 cm³/mol. The third-order valence-electron chi connectivity index (χ3n) is 3.60. The van der Waals surface area contributed by atoms with Crippen molar-refractivity contribution in [2.45, 2.75) is 32.9 Å². The van der Waals surface area contributed by atoms with Gasteiger partial charge in [0.2, 0.25) is 0 Å². The zero-order valence-corrected chi connectivity index (χ0v) is 16.3. The second-order valence-electron chi connectivity index (χ2n) is 6.98. The highest BCUT2D eigenvalue weighted by molar-refractivity contribution is 5.96. The lowest BCUT2D eigenvalue weighted by Gasteiger charge is -2.20. The Morgan fingerprint density at radius 1 is 0.963 bits per heavy atom. The maximum absolute atomic E-state index is 12.4. The molecule has 0 spiro atoms. The number of nitrogens with one attached hydrogen (secondary N) is 2. The number of hydrogen-bond acceptors (Lipinski definition) is 5. The zero-order chi connectivity index (χ0) is 20.0. The van der Waals surface area contributed by atoms with Crippen LogP contribution < -0.4 is 20.1 Å². The van der Waals surface area contributed by atoms with Gasteiger partial charge in [-0.15, -0.1) is 0 Å². The van der Waals surface area contributed by atoms with E-state index in [0.29, 0.717) is 18.0 Å². The third kappa shape index (κ3) is 5.70. The number of ether oxygens (including phenoxy) is 2. The summed E-state index contributed by atoms with van der Waals surface area (Å²) >= 11 is 0. The first-order valence-corrected chi connectivity index (χ1v) is 8.52. The van der Waals surface area contributed by atoms with Crippen molar-refractivity contribution in [3.63, 3.8) is 0 Å². The Morgan fingerprint density at radius 2 is 1.59 bits per heavy atom. The number of methoxy groups -OCH3 is 2. The van der Waals surface area contributed by atoms with Crippen LogP contribution in [-0.2, 0) is 6.54 Å². The molecule has 0 aliphatic heterocycles. The van der Waals surface area contributed by atoms with Crippen LogP contribution >= 0.6 is 0 Å². The molecule has 2 amide bonds. The van der Waals surface area contributed by atoms with Gasteiger partial charge in [-0.05, 0) is 50.6 Å². The quantitative estimate of drug-likeness (QED) is 0.815. The first-order valence-electron chi connectivity index (χ1n) is 8.52. The Bertz CT molecular complexity index is 828. The fourth-order valence-corrected chi connectivity index (χ4v) is 2.36. The van der Waals surface area contributed by atoms with Gasteiger partial charge in [-0.1, -0.05) is 12.1 Å². The van der Waals surface area contributed by atoms with Crippen LogP contribution in [0.3, 0.4) is 0 Å². The number of nitrogens with zero attached hydrogens (tertiary/aromatic N) is 1. The molecule has 2 aromatic rings. The molecular weight excluding hydrogens is 346 g/mol. The molecule has 1 aromatic heterocycles. The van der Waals surface area contributed by atoms with Gasteiger partial charge in [0.25, 0.3) is 11.8 Å². The van der Waals surface area contributed by atoms with Gasteiger partial charge in [0.1, 0.15) is 11.4 Å². The van der Waals surface area contributed by atoms with Gasteiger partial charge in [0, 0.05) is 12.1 Å². The first-order chi connectivity index (χ1) is 12.7. The van der Waals surface area contributed by atoms with Crippen molar-refractivity contribution in [3.05, 3.63) is 53.3 Å². The molecule has 0 saturated heterocycles. The van der Waals surface area contributed by atoms with Crippen LogP contribution in [-0.4, -0.2) is 36.6 Å². The molecule has 7 nitrogen and oxygen atoms in total. The Hall–Kier alpha value is -3.09. The molecule has 0 saturated carbocycles. The number of carbonyl (C=O) groups is 2. The van der Waals surface area contributed by atoms with Gasteiger partial charge in [0.05, 0.1) is 14.2 Å². The van der Waals surface area contributed by atoms with Crippen LogP contribution in [0.4, 0.5) is 0 Å². The van der Waals surface area contributed by atoms with E-state index in [1.807, 2.05) is 26.8 Å². The minimum absolute atomic E-state index is 0.178. The maximum Gasteiger partial charge on any atom is 0.270 e. The van der Waals surface area contributed by atoms with Crippen molar-refractivity contribution in [2.24, 2.45) is 0 Å². The molecule has 0 fully saturated rings. The van der Waals surface area contributed by atoms with Crippen molar-refractivity contribution < 1.29 is 19.1 Å². The van der Waals surface area contributed by atoms with Crippen LogP contribution in [0.15, 0.2) is 36.4 Å². The van der Waals surface area contributed by atoms with Gasteiger partial charge in [-0.3, -0.25) is 9.59 Å². The van der Waals surface area contributed by atoms with E-state index < -0.39 is 0 Å². The maximum atomic E-state index is 12.4. The second-order valence-corrected chi connectivity index (χ2v) is 6.98. The molecule has 0 unspecified atom stereocenters. The standard InChI is InChI=1S/C20H25N3O4/c1-20(2,3)23-19(25)15-8-6-7-14(22-15)18(24)21-12-13-9-10-16(26-4)17(11-13)27-5/h6-11H,12H2,1-5H3,(H,21,24)(H,23,25). The molecular formula is C20H25N3O4. The monoisotopic (exact) mass is 371 g/mol. The lowest BCUT2D eigenvalue weighted by atomic mass is 10.1. The van der Waals surface area contributed by atoms with Crippen molar-refractivity contribution in [2.75, 3.05) is 14.2 Å². The SMILES string of the molecule is COc1ccc(CNC(=O)c2cccc(C(=O)NC(C)(C)C)n2)cc1OC. The van der Waals surface area contributed by atoms with Crippen molar-refractivity contribution in [1.82, 2.24) is 15.6 Å². The third-order valence-corrected chi connectivity index (χ3v) is 3.60. The van der Waals surface area contributed by atoms with Crippen molar-refractivity contribution in [1.29, 1.82) is 0 Å². The summed E-state index contributed by atoms with van der Waals surface area (Å²) < 4.78 is 10.5. The largest absolute Gasteiger partial charge is 0.493 e. The number of rotatable bonds is 6. The van der Waals surface area contributed by atoms with E-state index in [2.05, 4.69) is 15.6 Å². The fraction of sp³-hybridized carbons (Fsp3) is 0.350. The highest BCUT2D eigenvalue weighted by atomic mass is 16.5. The summed E-state index contributed by atoms with van der Waals surface area (Å²) in [6.07, 6.45) is 0. The van der Waals surface area contributed by atoms with Gasteiger partial charge in [-0.25, -0.2) is 4.98 Å². The molecule has 27 heavy (non-hydrogen) atoms. The molecule has 7 heteroatoms. The first kappa shape index (κ1) is 20.2. The number of aromatic nitrogens is 1. The minimum atomic E-state index is -0.384.